The molecule has 2 aromatic rings. The largest absolute Gasteiger partial charge is 0.497 e. The summed E-state index contributed by atoms with van der Waals surface area (Å²) in [6, 6.07) is 9.73. The van der Waals surface area contributed by atoms with E-state index in [0.29, 0.717) is 26.0 Å². The molecule has 0 bridgehead atoms. The smallest absolute Gasteiger partial charge is 0.242 e. The summed E-state index contributed by atoms with van der Waals surface area (Å²) in [7, 11) is -0.635. The molecular formula is C16H17Br2NO4S. The van der Waals surface area contributed by atoms with E-state index >= 15 is 0 Å². The van der Waals surface area contributed by atoms with E-state index in [1.54, 1.807) is 50.4 Å². The van der Waals surface area contributed by atoms with Crippen molar-refractivity contribution in [2.24, 2.45) is 0 Å². The third-order valence-electron chi connectivity index (χ3n) is 3.42. The van der Waals surface area contributed by atoms with Crippen LogP contribution in [0.1, 0.15) is 18.5 Å². The van der Waals surface area contributed by atoms with E-state index in [1.165, 1.54) is 7.11 Å². The van der Waals surface area contributed by atoms with Gasteiger partial charge in [0.25, 0.3) is 0 Å². The van der Waals surface area contributed by atoms with Gasteiger partial charge in [-0.25, -0.2) is 13.1 Å². The van der Waals surface area contributed by atoms with Gasteiger partial charge in [0.2, 0.25) is 10.0 Å². The Hall–Kier alpha value is -1.09. The summed E-state index contributed by atoms with van der Waals surface area (Å²) in [5.74, 6) is 1.21. The number of hydrogen-bond acceptors (Lipinski definition) is 4. The number of benzene rings is 2. The molecule has 24 heavy (non-hydrogen) atoms. The molecule has 1 N–H and O–H groups in total. The lowest BCUT2D eigenvalue weighted by atomic mass is 10.1. The number of sulfonamides is 1. The highest BCUT2D eigenvalue weighted by Gasteiger charge is 2.23. The van der Waals surface area contributed by atoms with E-state index in [1.807, 2.05) is 0 Å². The number of nitrogens with one attached hydrogen (secondary N) is 1. The molecule has 2 aromatic carbocycles. The first kappa shape index (κ1) is 19.2. The van der Waals surface area contributed by atoms with Gasteiger partial charge in [-0.3, -0.25) is 0 Å². The molecule has 0 aliphatic heterocycles. The molecule has 0 aromatic heterocycles. The van der Waals surface area contributed by atoms with E-state index < -0.39 is 16.1 Å². The quantitative estimate of drug-likeness (QED) is 0.673. The van der Waals surface area contributed by atoms with Gasteiger partial charge in [-0.05, 0) is 59.3 Å². The van der Waals surface area contributed by atoms with Crippen LogP contribution in [0.3, 0.4) is 0 Å². The van der Waals surface area contributed by atoms with E-state index in [4.69, 9.17) is 9.47 Å². The minimum Gasteiger partial charge on any atom is -0.497 e. The van der Waals surface area contributed by atoms with Crippen molar-refractivity contribution in [1.29, 1.82) is 0 Å². The lowest BCUT2D eigenvalue weighted by Gasteiger charge is -2.19. The van der Waals surface area contributed by atoms with Gasteiger partial charge >= 0.3 is 0 Å². The number of rotatable bonds is 6. The van der Waals surface area contributed by atoms with Crippen molar-refractivity contribution in [3.05, 3.63) is 50.9 Å². The maximum absolute atomic E-state index is 12.7. The number of ether oxygens (including phenoxy) is 2. The molecule has 0 amide bonds. The van der Waals surface area contributed by atoms with Crippen LogP contribution in [0.25, 0.3) is 0 Å². The van der Waals surface area contributed by atoms with Gasteiger partial charge in [0.15, 0.2) is 0 Å². The Labute approximate surface area is 158 Å². The fraction of sp³-hybridized carbons (Fsp3) is 0.250. The van der Waals surface area contributed by atoms with Crippen LogP contribution >= 0.6 is 31.9 Å². The molecule has 0 saturated heterocycles. The summed E-state index contributed by atoms with van der Waals surface area (Å²) in [5, 5.41) is 0. The molecule has 0 heterocycles. The van der Waals surface area contributed by atoms with Crippen LogP contribution in [0.2, 0.25) is 0 Å². The maximum Gasteiger partial charge on any atom is 0.242 e. The SMILES string of the molecule is COc1ccc(OC)c(C(C)NS(=O)(=O)c2cc(Br)ccc2Br)c1. The predicted octanol–water partition coefficient (Wildman–Crippen LogP) is 4.27. The highest BCUT2D eigenvalue weighted by molar-refractivity contribution is 9.11. The van der Waals surface area contributed by atoms with Crippen molar-refractivity contribution in [3.8, 4) is 11.5 Å². The second kappa shape index (κ2) is 7.86. The molecule has 0 saturated carbocycles. The topological polar surface area (TPSA) is 64.6 Å². The van der Waals surface area contributed by atoms with Crippen molar-refractivity contribution in [2.45, 2.75) is 17.9 Å². The molecule has 0 spiro atoms. The van der Waals surface area contributed by atoms with Crippen LogP contribution in [0, 0.1) is 0 Å². The zero-order valence-electron chi connectivity index (χ0n) is 13.3. The van der Waals surface area contributed by atoms with Crippen LogP contribution < -0.4 is 14.2 Å². The van der Waals surface area contributed by atoms with E-state index in [-0.39, 0.29) is 4.90 Å². The third kappa shape index (κ3) is 4.30. The Balaban J connectivity index is 2.38. The monoisotopic (exact) mass is 477 g/mol. The second-order valence-electron chi connectivity index (χ2n) is 5.03. The van der Waals surface area contributed by atoms with Crippen molar-refractivity contribution in [1.82, 2.24) is 4.72 Å². The number of halogens is 2. The van der Waals surface area contributed by atoms with Crippen LogP contribution in [0.15, 0.2) is 50.2 Å². The molecule has 2 rings (SSSR count). The second-order valence-corrected chi connectivity index (χ2v) is 8.48. The lowest BCUT2D eigenvalue weighted by Crippen LogP contribution is -2.27. The van der Waals surface area contributed by atoms with Crippen molar-refractivity contribution >= 4 is 41.9 Å². The summed E-state index contributed by atoms with van der Waals surface area (Å²) >= 11 is 6.57. The van der Waals surface area contributed by atoms with Gasteiger partial charge < -0.3 is 9.47 Å². The zero-order valence-corrected chi connectivity index (χ0v) is 17.3. The normalized spacial score (nSPS) is 12.7. The minimum atomic E-state index is -3.73. The molecule has 8 heteroatoms. The average Bonchev–Trinajstić information content (AvgIpc) is 2.55. The first-order valence-corrected chi connectivity index (χ1v) is 10.0. The first-order valence-electron chi connectivity index (χ1n) is 6.98. The Morgan fingerprint density at radius 2 is 1.75 bits per heavy atom. The molecule has 5 nitrogen and oxygen atoms in total. The molecular weight excluding hydrogens is 462 g/mol. The third-order valence-corrected chi connectivity index (χ3v) is 6.45. The first-order chi connectivity index (χ1) is 11.3. The minimum absolute atomic E-state index is 0.158. The van der Waals surface area contributed by atoms with Gasteiger partial charge in [0.05, 0.1) is 19.1 Å². The van der Waals surface area contributed by atoms with Crippen molar-refractivity contribution < 1.29 is 17.9 Å². The van der Waals surface area contributed by atoms with Crippen LogP contribution in [0.5, 0.6) is 11.5 Å². The Bertz CT molecular complexity index is 840. The van der Waals surface area contributed by atoms with Gasteiger partial charge in [-0.1, -0.05) is 15.9 Å². The molecule has 0 radical (unpaired) electrons. The Morgan fingerprint density at radius 3 is 2.38 bits per heavy atom. The molecule has 130 valence electrons. The number of hydrogen-bond donors (Lipinski definition) is 1. The van der Waals surface area contributed by atoms with Crippen LogP contribution in [-0.4, -0.2) is 22.6 Å². The maximum atomic E-state index is 12.7. The number of methoxy groups -OCH3 is 2. The summed E-state index contributed by atoms with van der Waals surface area (Å²) in [5.41, 5.74) is 0.687. The molecule has 0 fully saturated rings. The van der Waals surface area contributed by atoms with Gasteiger partial charge in [-0.15, -0.1) is 0 Å². The summed E-state index contributed by atoms with van der Waals surface area (Å²) in [6.45, 7) is 1.75. The highest BCUT2D eigenvalue weighted by atomic mass is 79.9. The molecule has 0 aliphatic rings. The van der Waals surface area contributed by atoms with Crippen molar-refractivity contribution in [2.75, 3.05) is 14.2 Å². The fourth-order valence-electron chi connectivity index (χ4n) is 2.22. The summed E-state index contributed by atoms with van der Waals surface area (Å²) < 4.78 is 39.8. The van der Waals surface area contributed by atoms with Crippen molar-refractivity contribution in [3.63, 3.8) is 0 Å². The van der Waals surface area contributed by atoms with E-state index in [9.17, 15) is 8.42 Å². The summed E-state index contributed by atoms with van der Waals surface area (Å²) in [4.78, 5) is 0.158. The van der Waals surface area contributed by atoms with Gasteiger partial charge in [-0.2, -0.15) is 0 Å². The lowest BCUT2D eigenvalue weighted by molar-refractivity contribution is 0.395. The fourth-order valence-corrected chi connectivity index (χ4v) is 4.95. The van der Waals surface area contributed by atoms with Gasteiger partial charge in [0.1, 0.15) is 11.5 Å². The Kier molecular flexibility index (Phi) is 6.30. The van der Waals surface area contributed by atoms with E-state index in [0.717, 1.165) is 0 Å². The van der Waals surface area contributed by atoms with Crippen LogP contribution in [-0.2, 0) is 10.0 Å². The average molecular weight is 479 g/mol. The molecule has 0 aliphatic carbocycles. The standard InChI is InChI=1S/C16H17Br2NO4S/c1-10(13-9-12(22-2)5-7-15(13)23-3)19-24(20,21)16-8-11(17)4-6-14(16)18/h4-10,19H,1-3H3. The van der Waals surface area contributed by atoms with Crippen LogP contribution in [0.4, 0.5) is 0 Å². The summed E-state index contributed by atoms with van der Waals surface area (Å²) in [6.07, 6.45) is 0. The highest BCUT2D eigenvalue weighted by Crippen LogP contribution is 2.31. The molecule has 1 atom stereocenters. The van der Waals surface area contributed by atoms with E-state index in [2.05, 4.69) is 36.6 Å². The zero-order chi connectivity index (χ0) is 17.9. The Morgan fingerprint density at radius 1 is 1.04 bits per heavy atom. The molecule has 1 unspecified atom stereocenters. The predicted molar refractivity (Wildman–Crippen MR) is 100 cm³/mol. The van der Waals surface area contributed by atoms with Gasteiger partial charge in [0, 0.05) is 20.6 Å².